The minimum atomic E-state index is -4.72. The Hall–Kier alpha value is -3.04. The monoisotopic (exact) mass is 454 g/mol. The number of hydrogen-bond acceptors (Lipinski definition) is 3. The number of halogens is 5. The van der Waals surface area contributed by atoms with E-state index in [1.54, 1.807) is 10.9 Å². The van der Waals surface area contributed by atoms with Gasteiger partial charge in [-0.15, -0.1) is 0 Å². The predicted octanol–water partition coefficient (Wildman–Crippen LogP) is 6.78. The van der Waals surface area contributed by atoms with Gasteiger partial charge in [-0.25, -0.2) is 13.8 Å². The van der Waals surface area contributed by atoms with Gasteiger partial charge in [0.15, 0.2) is 0 Å². The maximum Gasteiger partial charge on any atom is 0.433 e. The number of anilines is 1. The van der Waals surface area contributed by atoms with Gasteiger partial charge in [0, 0.05) is 17.1 Å². The van der Waals surface area contributed by atoms with E-state index in [4.69, 9.17) is 0 Å². The molecule has 2 aromatic heterocycles. The molecular weight excluding hydrogens is 431 g/mol. The first-order valence-corrected chi connectivity index (χ1v) is 10.3. The normalized spacial score (nSPS) is 14.1. The molecule has 0 unspecified atom stereocenters. The lowest BCUT2D eigenvalue weighted by molar-refractivity contribution is -0.141. The van der Waals surface area contributed by atoms with Crippen LogP contribution in [0.15, 0.2) is 36.5 Å². The summed E-state index contributed by atoms with van der Waals surface area (Å²) in [6.07, 6.45) is -1.67. The lowest BCUT2D eigenvalue weighted by atomic mass is 9.93. The lowest BCUT2D eigenvalue weighted by Gasteiger charge is -2.25. The highest BCUT2D eigenvalue weighted by Crippen LogP contribution is 2.35. The van der Waals surface area contributed by atoms with Crippen LogP contribution in [0.5, 0.6) is 0 Å². The summed E-state index contributed by atoms with van der Waals surface area (Å²) in [4.78, 5) is 15.6. The van der Waals surface area contributed by atoms with Crippen LogP contribution in [0.2, 0.25) is 0 Å². The Labute approximate surface area is 181 Å². The molecule has 1 aliphatic rings. The van der Waals surface area contributed by atoms with Crippen molar-refractivity contribution in [2.24, 2.45) is 0 Å². The topological polar surface area (TPSA) is 59.8 Å². The molecule has 4 rings (SSSR count). The van der Waals surface area contributed by atoms with E-state index in [1.807, 2.05) is 0 Å². The quantitative estimate of drug-likeness (QED) is 0.442. The summed E-state index contributed by atoms with van der Waals surface area (Å²) in [6, 6.07) is 5.60. The molecule has 0 spiro atoms. The molecule has 0 saturated heterocycles. The first-order chi connectivity index (χ1) is 15.1. The molecule has 2 heterocycles. The van der Waals surface area contributed by atoms with Gasteiger partial charge in [0.1, 0.15) is 11.4 Å². The molecule has 1 fully saturated rings. The number of fused-ring (bicyclic) bond motifs is 1. The summed E-state index contributed by atoms with van der Waals surface area (Å²) in [5, 5.41) is 7.14. The van der Waals surface area contributed by atoms with Crippen LogP contribution < -0.4 is 5.32 Å². The fourth-order valence-electron chi connectivity index (χ4n) is 3.14. The van der Waals surface area contributed by atoms with E-state index >= 15 is 0 Å². The van der Waals surface area contributed by atoms with Crippen LogP contribution in [0.25, 0.3) is 10.9 Å². The van der Waals surface area contributed by atoms with Gasteiger partial charge in [-0.05, 0) is 43.5 Å². The summed E-state index contributed by atoms with van der Waals surface area (Å²) in [6.45, 7) is 4.25. The van der Waals surface area contributed by atoms with Gasteiger partial charge in [-0.2, -0.15) is 18.3 Å². The highest BCUT2D eigenvalue weighted by atomic mass is 19.4. The van der Waals surface area contributed by atoms with Crippen molar-refractivity contribution in [3.05, 3.63) is 53.5 Å². The van der Waals surface area contributed by atoms with Crippen LogP contribution in [-0.2, 0) is 6.18 Å². The molecule has 1 aromatic carbocycles. The van der Waals surface area contributed by atoms with Crippen molar-refractivity contribution < 1.29 is 26.7 Å². The molecule has 1 saturated carbocycles. The number of amides is 1. The first kappa shape index (κ1) is 23.6. The molecule has 0 aliphatic heterocycles. The number of benzene rings is 1. The van der Waals surface area contributed by atoms with Crippen LogP contribution in [0.3, 0.4) is 0 Å². The van der Waals surface area contributed by atoms with Crippen LogP contribution >= 0.6 is 0 Å². The number of nitrogens with one attached hydrogen (secondary N) is 1. The summed E-state index contributed by atoms with van der Waals surface area (Å²) in [7, 11) is 0. The number of hydrogen-bond donors (Lipinski definition) is 1. The van der Waals surface area contributed by atoms with Gasteiger partial charge in [0.05, 0.1) is 17.2 Å². The first-order valence-electron chi connectivity index (χ1n) is 10.3. The maximum absolute atomic E-state index is 13.5. The average Bonchev–Trinajstić information content (AvgIpc) is 3.08. The van der Waals surface area contributed by atoms with Gasteiger partial charge in [-0.1, -0.05) is 26.3 Å². The third-order valence-corrected chi connectivity index (χ3v) is 4.90. The van der Waals surface area contributed by atoms with Crippen LogP contribution in [0.1, 0.15) is 73.7 Å². The Bertz CT molecular complexity index is 1090. The smallest absolute Gasteiger partial charge is 0.320 e. The van der Waals surface area contributed by atoms with E-state index < -0.39 is 35.5 Å². The zero-order valence-corrected chi connectivity index (χ0v) is 17.6. The second kappa shape index (κ2) is 9.62. The summed E-state index contributed by atoms with van der Waals surface area (Å²) in [5.74, 6) is -1.01. The van der Waals surface area contributed by atoms with E-state index in [-0.39, 0.29) is 11.7 Å². The van der Waals surface area contributed by atoms with Gasteiger partial charge >= 0.3 is 6.18 Å². The van der Waals surface area contributed by atoms with Gasteiger partial charge in [0.25, 0.3) is 12.3 Å². The summed E-state index contributed by atoms with van der Waals surface area (Å²) >= 11 is 0. The summed E-state index contributed by atoms with van der Waals surface area (Å²) in [5.41, 5.74) is -2.05. The Balaban J connectivity index is 0.000000913. The number of carbonyl (C=O) groups excluding carboxylic acids is 1. The molecule has 172 valence electrons. The molecule has 10 heteroatoms. The molecular formula is C22H23F5N4O. The molecule has 0 bridgehead atoms. The zero-order valence-electron chi connectivity index (χ0n) is 17.6. The Morgan fingerprint density at radius 1 is 1.22 bits per heavy atom. The fourth-order valence-corrected chi connectivity index (χ4v) is 3.14. The Kier molecular flexibility index (Phi) is 7.10. The second-order valence-corrected chi connectivity index (χ2v) is 7.56. The molecule has 1 amide bonds. The molecule has 0 atom stereocenters. The number of alkyl halides is 5. The molecule has 0 radical (unpaired) electrons. The van der Waals surface area contributed by atoms with E-state index in [2.05, 4.69) is 29.2 Å². The molecule has 3 aromatic rings. The van der Waals surface area contributed by atoms with Crippen molar-refractivity contribution in [1.29, 1.82) is 0 Å². The third-order valence-electron chi connectivity index (χ3n) is 4.90. The second-order valence-electron chi connectivity index (χ2n) is 7.56. The van der Waals surface area contributed by atoms with Crippen LogP contribution in [0.4, 0.5) is 27.6 Å². The van der Waals surface area contributed by atoms with Crippen LogP contribution in [0, 0.1) is 0 Å². The number of carbonyl (C=O) groups is 1. The number of aromatic nitrogens is 3. The van der Waals surface area contributed by atoms with Crippen molar-refractivity contribution >= 4 is 22.5 Å². The Morgan fingerprint density at radius 2 is 1.91 bits per heavy atom. The van der Waals surface area contributed by atoms with Crippen molar-refractivity contribution in [2.75, 3.05) is 5.32 Å². The highest BCUT2D eigenvalue weighted by Gasteiger charge is 2.33. The van der Waals surface area contributed by atoms with Crippen molar-refractivity contribution in [3.63, 3.8) is 0 Å². The third kappa shape index (κ3) is 5.23. The highest BCUT2D eigenvalue weighted by molar-refractivity contribution is 6.04. The number of nitrogens with zero attached hydrogens (tertiary/aromatic N) is 3. The SMILES string of the molecule is CCC.O=C(Nc1cc2cn(C3CCC3)nc2cc1C(F)F)c1cccc(C(F)(F)F)n1. The largest absolute Gasteiger partial charge is 0.433 e. The zero-order chi connectivity index (χ0) is 23.5. The predicted molar refractivity (Wildman–Crippen MR) is 111 cm³/mol. The molecule has 1 N–H and O–H groups in total. The van der Waals surface area contributed by atoms with Gasteiger partial charge in [0.2, 0.25) is 0 Å². The van der Waals surface area contributed by atoms with Crippen molar-refractivity contribution in [3.8, 4) is 0 Å². The van der Waals surface area contributed by atoms with Crippen molar-refractivity contribution in [1.82, 2.24) is 14.8 Å². The maximum atomic E-state index is 13.5. The molecule has 5 nitrogen and oxygen atoms in total. The van der Waals surface area contributed by atoms with Gasteiger partial charge in [-0.3, -0.25) is 9.48 Å². The number of rotatable bonds is 4. The average molecular weight is 454 g/mol. The van der Waals surface area contributed by atoms with Gasteiger partial charge < -0.3 is 5.32 Å². The van der Waals surface area contributed by atoms with Crippen molar-refractivity contribution in [2.45, 2.75) is 58.2 Å². The Morgan fingerprint density at radius 3 is 2.47 bits per heavy atom. The lowest BCUT2D eigenvalue weighted by Crippen LogP contribution is -2.17. The van der Waals surface area contributed by atoms with Crippen LogP contribution in [-0.4, -0.2) is 20.7 Å². The van der Waals surface area contributed by atoms with E-state index in [1.165, 1.54) is 18.6 Å². The minimum Gasteiger partial charge on any atom is -0.320 e. The van der Waals surface area contributed by atoms with E-state index in [0.29, 0.717) is 10.9 Å². The molecule has 1 aliphatic carbocycles. The fraction of sp³-hybridized carbons (Fsp3) is 0.409. The minimum absolute atomic E-state index is 0.190. The van der Waals surface area contributed by atoms with E-state index in [9.17, 15) is 26.7 Å². The standard InChI is InChI=1S/C19H15F5N4O.C3H8/c20-17(21)12-8-14-10(9-28(27-14)11-3-1-4-11)7-15(12)26-18(29)13-5-2-6-16(25-13)19(22,23)24;1-3-2/h2,5-9,11,17H,1,3-4H2,(H,26,29);3H2,1-2H3. The molecule has 32 heavy (non-hydrogen) atoms. The van der Waals surface area contributed by atoms with E-state index in [0.717, 1.165) is 37.5 Å². The summed E-state index contributed by atoms with van der Waals surface area (Å²) < 4.78 is 67.2. The number of pyridine rings is 1.